The van der Waals surface area contributed by atoms with Crippen molar-refractivity contribution in [2.45, 2.75) is 12.6 Å². The normalized spacial score (nSPS) is 19.6. The van der Waals surface area contributed by atoms with Crippen LogP contribution in [0.5, 0.6) is 5.88 Å². The SMILES string of the molecule is COc1nsc(CNC(=O)C2COCCO2)c1Br. The number of halogens is 1. The van der Waals surface area contributed by atoms with Gasteiger partial charge in [0.15, 0.2) is 6.10 Å². The van der Waals surface area contributed by atoms with Crippen LogP contribution in [-0.4, -0.2) is 43.3 Å². The average Bonchev–Trinajstić information content (AvgIpc) is 2.77. The third kappa shape index (κ3) is 3.19. The monoisotopic (exact) mass is 336 g/mol. The molecule has 0 radical (unpaired) electrons. The van der Waals surface area contributed by atoms with Gasteiger partial charge >= 0.3 is 0 Å². The van der Waals surface area contributed by atoms with E-state index in [1.54, 1.807) is 7.11 Å². The highest BCUT2D eigenvalue weighted by Gasteiger charge is 2.23. The van der Waals surface area contributed by atoms with Crippen LogP contribution in [0.25, 0.3) is 0 Å². The van der Waals surface area contributed by atoms with Crippen LogP contribution >= 0.6 is 27.5 Å². The van der Waals surface area contributed by atoms with E-state index in [1.165, 1.54) is 11.5 Å². The molecule has 8 heteroatoms. The van der Waals surface area contributed by atoms with E-state index in [0.29, 0.717) is 32.2 Å². The fourth-order valence-corrected chi connectivity index (χ4v) is 2.84. The molecule has 1 aliphatic rings. The number of methoxy groups -OCH3 is 1. The molecule has 2 rings (SSSR count). The molecule has 1 aromatic heterocycles. The number of hydrogen-bond acceptors (Lipinski definition) is 6. The molecule has 1 saturated heterocycles. The van der Waals surface area contributed by atoms with Gasteiger partial charge in [0.05, 0.1) is 42.8 Å². The summed E-state index contributed by atoms with van der Waals surface area (Å²) < 4.78 is 20.4. The lowest BCUT2D eigenvalue weighted by atomic mass is 10.3. The molecule has 1 fully saturated rings. The molecule has 0 spiro atoms. The zero-order valence-electron chi connectivity index (χ0n) is 9.77. The quantitative estimate of drug-likeness (QED) is 0.886. The van der Waals surface area contributed by atoms with Gasteiger partial charge in [0.2, 0.25) is 5.88 Å². The van der Waals surface area contributed by atoms with Crippen molar-refractivity contribution in [3.05, 3.63) is 9.35 Å². The number of aromatic nitrogens is 1. The standard InChI is InChI=1S/C10H13BrN2O4S/c1-15-10-8(11)7(18-13-10)4-12-9(14)6-5-16-2-3-17-6/h6H,2-5H2,1H3,(H,12,14). The number of hydrogen-bond donors (Lipinski definition) is 1. The molecule has 1 atom stereocenters. The van der Waals surface area contributed by atoms with Gasteiger partial charge in [-0.25, -0.2) is 0 Å². The second-order valence-electron chi connectivity index (χ2n) is 3.58. The summed E-state index contributed by atoms with van der Waals surface area (Å²) in [6.07, 6.45) is -0.521. The number of nitrogens with zero attached hydrogens (tertiary/aromatic N) is 1. The largest absolute Gasteiger partial charge is 0.480 e. The zero-order chi connectivity index (χ0) is 13.0. The Balaban J connectivity index is 1.86. The van der Waals surface area contributed by atoms with Gasteiger partial charge in [-0.2, -0.15) is 4.37 Å². The molecule has 0 aliphatic carbocycles. The summed E-state index contributed by atoms with van der Waals surface area (Å²) in [6, 6.07) is 0. The van der Waals surface area contributed by atoms with E-state index >= 15 is 0 Å². The summed E-state index contributed by atoms with van der Waals surface area (Å²) in [5.41, 5.74) is 0. The molecule has 6 nitrogen and oxygen atoms in total. The van der Waals surface area contributed by atoms with Gasteiger partial charge < -0.3 is 19.5 Å². The summed E-state index contributed by atoms with van der Waals surface area (Å²) in [7, 11) is 1.55. The van der Waals surface area contributed by atoms with Crippen LogP contribution in [-0.2, 0) is 20.8 Å². The number of carbonyl (C=O) groups is 1. The summed E-state index contributed by atoms with van der Waals surface area (Å²) >= 11 is 4.65. The molecule has 0 bridgehead atoms. The number of nitrogens with one attached hydrogen (secondary N) is 1. The van der Waals surface area contributed by atoms with Gasteiger partial charge in [0, 0.05) is 0 Å². The van der Waals surface area contributed by atoms with Crippen molar-refractivity contribution < 1.29 is 19.0 Å². The summed E-state index contributed by atoms with van der Waals surface area (Å²) in [4.78, 5) is 12.7. The third-order valence-electron chi connectivity index (χ3n) is 2.40. The average molecular weight is 337 g/mol. The van der Waals surface area contributed by atoms with E-state index in [2.05, 4.69) is 25.6 Å². The first kappa shape index (κ1) is 13.7. The van der Waals surface area contributed by atoms with Crippen LogP contribution in [0, 0.1) is 0 Å². The highest BCUT2D eigenvalue weighted by molar-refractivity contribution is 9.10. The van der Waals surface area contributed by atoms with Gasteiger partial charge in [-0.1, -0.05) is 0 Å². The minimum Gasteiger partial charge on any atom is -0.480 e. The minimum absolute atomic E-state index is 0.172. The lowest BCUT2D eigenvalue weighted by Crippen LogP contribution is -2.42. The van der Waals surface area contributed by atoms with Crippen molar-refractivity contribution in [1.29, 1.82) is 0 Å². The molecule has 1 unspecified atom stereocenters. The molecule has 1 N–H and O–H groups in total. The molecule has 0 saturated carbocycles. The molecule has 18 heavy (non-hydrogen) atoms. The van der Waals surface area contributed by atoms with Gasteiger partial charge in [-0.3, -0.25) is 4.79 Å². The Morgan fingerprint density at radius 2 is 2.50 bits per heavy atom. The van der Waals surface area contributed by atoms with Crippen molar-refractivity contribution in [3.63, 3.8) is 0 Å². The highest BCUT2D eigenvalue weighted by Crippen LogP contribution is 2.30. The highest BCUT2D eigenvalue weighted by atomic mass is 79.9. The van der Waals surface area contributed by atoms with Crippen LogP contribution in [0.2, 0.25) is 0 Å². The van der Waals surface area contributed by atoms with E-state index in [4.69, 9.17) is 14.2 Å². The number of carbonyl (C=O) groups excluding carboxylic acids is 1. The van der Waals surface area contributed by atoms with E-state index in [1.807, 2.05) is 0 Å². The van der Waals surface area contributed by atoms with Crippen molar-refractivity contribution >= 4 is 33.4 Å². The molecule has 1 amide bonds. The first-order valence-electron chi connectivity index (χ1n) is 5.37. The lowest BCUT2D eigenvalue weighted by Gasteiger charge is -2.21. The van der Waals surface area contributed by atoms with Gasteiger partial charge in [-0.05, 0) is 27.5 Å². The molecule has 1 aromatic rings. The van der Waals surface area contributed by atoms with E-state index < -0.39 is 6.10 Å². The van der Waals surface area contributed by atoms with Gasteiger partial charge in [0.1, 0.15) is 0 Å². The molecular formula is C10H13BrN2O4S. The van der Waals surface area contributed by atoms with Gasteiger partial charge in [0.25, 0.3) is 5.91 Å². The summed E-state index contributed by atoms with van der Waals surface area (Å²) in [5.74, 6) is 0.357. The Hall–Kier alpha value is -0.700. The van der Waals surface area contributed by atoms with Crippen molar-refractivity contribution in [1.82, 2.24) is 9.69 Å². The van der Waals surface area contributed by atoms with Crippen LogP contribution < -0.4 is 10.1 Å². The predicted octanol–water partition coefficient (Wildman–Crippen LogP) is 0.946. The Morgan fingerprint density at radius 3 is 3.11 bits per heavy atom. The molecule has 100 valence electrons. The molecular weight excluding hydrogens is 324 g/mol. The van der Waals surface area contributed by atoms with Crippen LogP contribution in [0.3, 0.4) is 0 Å². The Labute approximate surface area is 117 Å². The first-order chi connectivity index (χ1) is 8.72. The second kappa shape index (κ2) is 6.46. The Morgan fingerprint density at radius 1 is 1.67 bits per heavy atom. The lowest BCUT2D eigenvalue weighted by molar-refractivity contribution is -0.147. The maximum absolute atomic E-state index is 11.8. The predicted molar refractivity (Wildman–Crippen MR) is 68.8 cm³/mol. The molecule has 1 aliphatic heterocycles. The fraction of sp³-hybridized carbons (Fsp3) is 0.600. The van der Waals surface area contributed by atoms with E-state index in [9.17, 15) is 4.79 Å². The van der Waals surface area contributed by atoms with Crippen molar-refractivity contribution in [3.8, 4) is 5.88 Å². The number of ether oxygens (including phenoxy) is 3. The summed E-state index contributed by atoms with van der Waals surface area (Å²) in [5, 5.41) is 2.79. The van der Waals surface area contributed by atoms with E-state index in [0.717, 1.165) is 9.35 Å². The minimum atomic E-state index is -0.521. The Bertz CT molecular complexity index is 420. The summed E-state index contributed by atoms with van der Waals surface area (Å²) in [6.45, 7) is 1.69. The Kier molecular flexibility index (Phi) is 4.93. The fourth-order valence-electron chi connectivity index (χ4n) is 1.45. The van der Waals surface area contributed by atoms with Gasteiger partial charge in [-0.15, -0.1) is 0 Å². The second-order valence-corrected chi connectivity index (χ2v) is 5.23. The number of rotatable bonds is 4. The van der Waals surface area contributed by atoms with Crippen LogP contribution in [0.15, 0.2) is 4.47 Å². The molecule has 2 heterocycles. The molecule has 0 aromatic carbocycles. The maximum Gasteiger partial charge on any atom is 0.251 e. The van der Waals surface area contributed by atoms with Crippen LogP contribution in [0.1, 0.15) is 4.88 Å². The number of amides is 1. The van der Waals surface area contributed by atoms with Crippen molar-refractivity contribution in [2.24, 2.45) is 0 Å². The van der Waals surface area contributed by atoms with Crippen molar-refractivity contribution in [2.75, 3.05) is 26.9 Å². The zero-order valence-corrected chi connectivity index (χ0v) is 12.2. The maximum atomic E-state index is 11.8. The first-order valence-corrected chi connectivity index (χ1v) is 6.94. The van der Waals surface area contributed by atoms with E-state index in [-0.39, 0.29) is 5.91 Å². The van der Waals surface area contributed by atoms with Crippen LogP contribution in [0.4, 0.5) is 0 Å². The smallest absolute Gasteiger partial charge is 0.251 e. The third-order valence-corrected chi connectivity index (χ3v) is 4.30. The topological polar surface area (TPSA) is 69.7 Å².